The number of halogens is 3. The summed E-state index contributed by atoms with van der Waals surface area (Å²) in [7, 11) is 0. The van der Waals surface area contributed by atoms with Gasteiger partial charge < -0.3 is 16.3 Å². The zero-order valence-corrected chi connectivity index (χ0v) is 12.2. The second kappa shape index (κ2) is 7.15. The third-order valence-electron chi connectivity index (χ3n) is 3.43. The van der Waals surface area contributed by atoms with Gasteiger partial charge in [-0.05, 0) is 11.5 Å². The Kier molecular flexibility index (Phi) is 5.78. The van der Waals surface area contributed by atoms with Crippen LogP contribution in [0.2, 0.25) is 0 Å². The maximum atomic E-state index is 12.4. The van der Waals surface area contributed by atoms with Gasteiger partial charge in [0, 0.05) is 5.56 Å². The van der Waals surface area contributed by atoms with E-state index in [0.29, 0.717) is 17.5 Å². The van der Waals surface area contributed by atoms with Crippen LogP contribution < -0.4 is 11.1 Å². The van der Waals surface area contributed by atoms with Crippen LogP contribution in [-0.2, 0) is 4.79 Å². The van der Waals surface area contributed by atoms with E-state index < -0.39 is 18.1 Å². The summed E-state index contributed by atoms with van der Waals surface area (Å²) in [5, 5.41) is 13.4. The molecule has 0 aliphatic carbocycles. The van der Waals surface area contributed by atoms with E-state index in [0.717, 1.165) is 0 Å². The highest BCUT2D eigenvalue weighted by Gasteiger charge is 2.40. The van der Waals surface area contributed by atoms with Gasteiger partial charge in [0.05, 0.1) is 6.04 Å². The fourth-order valence-corrected chi connectivity index (χ4v) is 1.93. The number of nitrogens with zero attached hydrogens (tertiary/aromatic N) is 1. The summed E-state index contributed by atoms with van der Waals surface area (Å²) < 4.78 is 37.3. The molecule has 0 aliphatic rings. The number of nitrogens with two attached hydrogens (primary N) is 1. The summed E-state index contributed by atoms with van der Waals surface area (Å²) in [6, 6.07) is 5.33. The van der Waals surface area contributed by atoms with Gasteiger partial charge in [-0.15, -0.1) is 0 Å². The summed E-state index contributed by atoms with van der Waals surface area (Å²) >= 11 is 0. The minimum Gasteiger partial charge on any atom is -0.409 e. The van der Waals surface area contributed by atoms with Gasteiger partial charge in [-0.3, -0.25) is 4.79 Å². The molecule has 4 N–H and O–H groups in total. The summed E-state index contributed by atoms with van der Waals surface area (Å²) in [5.74, 6) is -2.27. The van der Waals surface area contributed by atoms with Crippen LogP contribution in [0.4, 0.5) is 13.2 Å². The van der Waals surface area contributed by atoms with Crippen LogP contribution >= 0.6 is 0 Å². The maximum absolute atomic E-state index is 12.4. The summed E-state index contributed by atoms with van der Waals surface area (Å²) in [6.45, 7) is 3.57. The van der Waals surface area contributed by atoms with Crippen molar-refractivity contribution in [1.29, 1.82) is 0 Å². The average Bonchev–Trinajstić information content (AvgIpc) is 2.50. The molecule has 0 spiro atoms. The average molecular weight is 317 g/mol. The fraction of sp³-hybridized carbons (Fsp3) is 0.429. The van der Waals surface area contributed by atoms with Crippen molar-refractivity contribution in [2.75, 3.05) is 0 Å². The number of oxime groups is 1. The Morgan fingerprint density at radius 2 is 1.91 bits per heavy atom. The lowest BCUT2D eigenvalue weighted by Gasteiger charge is -2.25. The number of rotatable bonds is 5. The standard InChI is InChI=1S/C14H18F3N3O2/c1-3-8(2)11(19-13(21)14(15,16)17)9-4-6-10(7-5-9)12(18)20-22/h4-8,11,22H,3H2,1-2H3,(H2,18,20)(H,19,21)/t8?,11-/m0/s1. The number of hydrogen-bond acceptors (Lipinski definition) is 3. The predicted molar refractivity (Wildman–Crippen MR) is 75.3 cm³/mol. The van der Waals surface area contributed by atoms with Gasteiger partial charge in [0.15, 0.2) is 5.84 Å². The zero-order valence-electron chi connectivity index (χ0n) is 12.2. The smallest absolute Gasteiger partial charge is 0.409 e. The second-order valence-electron chi connectivity index (χ2n) is 4.94. The highest BCUT2D eigenvalue weighted by Crippen LogP contribution is 2.26. The Balaban J connectivity index is 3.05. The molecule has 122 valence electrons. The quantitative estimate of drug-likeness (QED) is 0.337. The SMILES string of the molecule is CCC(C)[C@H](NC(=O)C(F)(F)F)c1ccc(/C(N)=N/O)cc1. The molecule has 0 fully saturated rings. The van der Waals surface area contributed by atoms with Gasteiger partial charge in [-0.2, -0.15) is 13.2 Å². The molecule has 0 bridgehead atoms. The van der Waals surface area contributed by atoms with Gasteiger partial charge >= 0.3 is 12.1 Å². The molecule has 2 atom stereocenters. The van der Waals surface area contributed by atoms with E-state index in [1.807, 2.05) is 12.2 Å². The van der Waals surface area contributed by atoms with E-state index >= 15 is 0 Å². The van der Waals surface area contributed by atoms with E-state index in [1.54, 1.807) is 19.1 Å². The first kappa shape index (κ1) is 17.8. The Hall–Kier alpha value is -2.25. The molecule has 1 aromatic carbocycles. The molecule has 0 heterocycles. The molecule has 1 amide bonds. The van der Waals surface area contributed by atoms with Crippen molar-refractivity contribution in [3.8, 4) is 0 Å². The highest BCUT2D eigenvalue weighted by atomic mass is 19.4. The molecule has 8 heteroatoms. The largest absolute Gasteiger partial charge is 0.471 e. The third-order valence-corrected chi connectivity index (χ3v) is 3.43. The molecular formula is C14H18F3N3O2. The Bertz CT molecular complexity index is 541. The first-order valence-corrected chi connectivity index (χ1v) is 6.66. The maximum Gasteiger partial charge on any atom is 0.471 e. The molecule has 5 nitrogen and oxygen atoms in total. The number of amidine groups is 1. The van der Waals surface area contributed by atoms with E-state index in [9.17, 15) is 18.0 Å². The molecule has 0 radical (unpaired) electrons. The number of hydrogen-bond donors (Lipinski definition) is 3. The second-order valence-corrected chi connectivity index (χ2v) is 4.94. The number of carbonyl (C=O) groups is 1. The summed E-state index contributed by atoms with van der Waals surface area (Å²) in [4.78, 5) is 11.2. The van der Waals surface area contributed by atoms with Crippen molar-refractivity contribution in [3.05, 3.63) is 35.4 Å². The van der Waals surface area contributed by atoms with Crippen LogP contribution in [0.15, 0.2) is 29.4 Å². The van der Waals surface area contributed by atoms with Gasteiger partial charge in [-0.1, -0.05) is 49.7 Å². The fourth-order valence-electron chi connectivity index (χ4n) is 1.93. The molecule has 0 saturated carbocycles. The van der Waals surface area contributed by atoms with Gasteiger partial charge in [0.1, 0.15) is 0 Å². The Morgan fingerprint density at radius 3 is 2.32 bits per heavy atom. The van der Waals surface area contributed by atoms with E-state index in [4.69, 9.17) is 10.9 Å². The van der Waals surface area contributed by atoms with E-state index in [1.165, 1.54) is 12.1 Å². The van der Waals surface area contributed by atoms with E-state index in [2.05, 4.69) is 5.16 Å². The Morgan fingerprint density at radius 1 is 1.36 bits per heavy atom. The van der Waals surface area contributed by atoms with Crippen LogP contribution in [-0.4, -0.2) is 23.1 Å². The van der Waals surface area contributed by atoms with Gasteiger partial charge in [0.2, 0.25) is 0 Å². The van der Waals surface area contributed by atoms with Crippen LogP contribution in [0.25, 0.3) is 0 Å². The molecular weight excluding hydrogens is 299 g/mol. The lowest BCUT2D eigenvalue weighted by atomic mass is 9.91. The van der Waals surface area contributed by atoms with Crippen LogP contribution in [0.1, 0.15) is 37.4 Å². The van der Waals surface area contributed by atoms with Crippen molar-refractivity contribution < 1.29 is 23.2 Å². The number of carbonyl (C=O) groups excluding carboxylic acids is 1. The number of alkyl halides is 3. The van der Waals surface area contributed by atoms with Gasteiger partial charge in [0.25, 0.3) is 0 Å². The van der Waals surface area contributed by atoms with E-state index in [-0.39, 0.29) is 11.8 Å². The lowest BCUT2D eigenvalue weighted by Crippen LogP contribution is -2.41. The van der Waals surface area contributed by atoms with Crippen LogP contribution in [0.5, 0.6) is 0 Å². The van der Waals surface area contributed by atoms with Crippen LogP contribution in [0, 0.1) is 5.92 Å². The molecule has 1 unspecified atom stereocenters. The summed E-state index contributed by atoms with van der Waals surface area (Å²) in [5.41, 5.74) is 6.37. The minimum atomic E-state index is -4.93. The van der Waals surface area contributed by atoms with Crippen molar-refractivity contribution in [3.63, 3.8) is 0 Å². The van der Waals surface area contributed by atoms with Crippen molar-refractivity contribution in [1.82, 2.24) is 5.32 Å². The van der Waals surface area contributed by atoms with Gasteiger partial charge in [-0.25, -0.2) is 0 Å². The van der Waals surface area contributed by atoms with Crippen molar-refractivity contribution in [2.24, 2.45) is 16.8 Å². The topological polar surface area (TPSA) is 87.7 Å². The molecule has 0 aliphatic heterocycles. The predicted octanol–water partition coefficient (Wildman–Crippen LogP) is 2.55. The highest BCUT2D eigenvalue weighted by molar-refractivity contribution is 5.97. The Labute approximate surface area is 126 Å². The molecule has 0 aromatic heterocycles. The molecule has 1 rings (SSSR count). The number of benzene rings is 1. The lowest BCUT2D eigenvalue weighted by molar-refractivity contribution is -0.174. The van der Waals surface area contributed by atoms with Crippen molar-refractivity contribution in [2.45, 2.75) is 32.5 Å². The van der Waals surface area contributed by atoms with Crippen molar-refractivity contribution >= 4 is 11.7 Å². The molecule has 22 heavy (non-hydrogen) atoms. The normalized spacial score (nSPS) is 15.2. The minimum absolute atomic E-state index is 0.106. The molecule has 0 saturated heterocycles. The monoisotopic (exact) mass is 317 g/mol. The first-order chi connectivity index (χ1) is 10.2. The number of nitrogens with one attached hydrogen (secondary N) is 1. The third kappa shape index (κ3) is 4.37. The molecule has 1 aromatic rings. The van der Waals surface area contributed by atoms with Crippen LogP contribution in [0.3, 0.4) is 0 Å². The first-order valence-electron chi connectivity index (χ1n) is 6.66. The zero-order chi connectivity index (χ0) is 16.9. The number of amides is 1. The summed E-state index contributed by atoms with van der Waals surface area (Å²) in [6.07, 6.45) is -4.34.